The average molecular weight is 473 g/mol. The first-order valence-electron chi connectivity index (χ1n) is 11.9. The summed E-state index contributed by atoms with van der Waals surface area (Å²) in [6, 6.07) is 4.37. The van der Waals surface area contributed by atoms with E-state index in [0.717, 1.165) is 41.4 Å². The van der Waals surface area contributed by atoms with Gasteiger partial charge in [0.05, 0.1) is 16.6 Å². The number of aryl methyl sites for hydroxylation is 1. The average Bonchev–Trinajstić information content (AvgIpc) is 3.61. The van der Waals surface area contributed by atoms with Gasteiger partial charge >= 0.3 is 5.97 Å². The Hall–Kier alpha value is -4.01. The van der Waals surface area contributed by atoms with Crippen LogP contribution in [0.4, 0.5) is 0 Å². The van der Waals surface area contributed by atoms with E-state index in [1.54, 1.807) is 18.2 Å². The SMILES string of the molecule is O=C(CCC(=O)N1CCC[C@H]1C(=O)O)c1ccc2[nH]c3c4c(c5c(c3c2c1)C(=O)NC5=O)CCC4. The molecule has 1 atom stereocenters. The number of aromatic amines is 1. The minimum Gasteiger partial charge on any atom is -0.480 e. The number of fused-ring (bicyclic) bond motifs is 8. The maximum atomic E-state index is 13.0. The minimum atomic E-state index is -1.02. The Morgan fingerprint density at radius 1 is 1.00 bits per heavy atom. The molecule has 9 heteroatoms. The summed E-state index contributed by atoms with van der Waals surface area (Å²) in [5.41, 5.74) is 4.81. The van der Waals surface area contributed by atoms with Gasteiger partial charge in [0.25, 0.3) is 11.8 Å². The lowest BCUT2D eigenvalue weighted by Gasteiger charge is -2.21. The smallest absolute Gasteiger partial charge is 0.326 e. The number of carboxylic acids is 1. The van der Waals surface area contributed by atoms with E-state index in [1.165, 1.54) is 4.90 Å². The number of carbonyl (C=O) groups is 5. The van der Waals surface area contributed by atoms with Gasteiger partial charge in [-0.15, -0.1) is 0 Å². The zero-order chi connectivity index (χ0) is 24.4. The number of amides is 3. The number of hydrogen-bond donors (Lipinski definition) is 3. The van der Waals surface area contributed by atoms with Crippen LogP contribution in [0, 0.1) is 0 Å². The van der Waals surface area contributed by atoms with Crippen LogP contribution in [0.25, 0.3) is 21.8 Å². The first kappa shape index (κ1) is 21.5. The number of ketones is 1. The predicted molar refractivity (Wildman–Crippen MR) is 126 cm³/mol. The maximum Gasteiger partial charge on any atom is 0.326 e. The number of H-pyrrole nitrogens is 1. The number of carbonyl (C=O) groups excluding carboxylic acids is 4. The normalized spacial score (nSPS) is 18.9. The summed E-state index contributed by atoms with van der Waals surface area (Å²) in [6.07, 6.45) is 3.44. The van der Waals surface area contributed by atoms with Crippen molar-refractivity contribution in [1.82, 2.24) is 15.2 Å². The number of benzene rings is 2. The summed E-state index contributed by atoms with van der Waals surface area (Å²) in [5.74, 6) is -2.38. The van der Waals surface area contributed by atoms with Crippen LogP contribution in [0.3, 0.4) is 0 Å². The number of imide groups is 1. The maximum absolute atomic E-state index is 13.0. The highest BCUT2D eigenvalue weighted by atomic mass is 16.4. The molecule has 178 valence electrons. The molecule has 2 aromatic carbocycles. The number of Topliss-reactive ketones (excluding diaryl/α,β-unsaturated/α-hetero) is 1. The molecule has 0 spiro atoms. The highest BCUT2D eigenvalue weighted by Crippen LogP contribution is 2.41. The van der Waals surface area contributed by atoms with Gasteiger partial charge in [0.1, 0.15) is 6.04 Å². The second-order valence-corrected chi connectivity index (χ2v) is 9.49. The lowest BCUT2D eigenvalue weighted by atomic mass is 9.93. The molecule has 0 bridgehead atoms. The van der Waals surface area contributed by atoms with Crippen LogP contribution in [0.5, 0.6) is 0 Å². The van der Waals surface area contributed by atoms with Crippen molar-refractivity contribution in [3.8, 4) is 0 Å². The van der Waals surface area contributed by atoms with Crippen LogP contribution in [-0.2, 0) is 22.4 Å². The van der Waals surface area contributed by atoms with E-state index in [4.69, 9.17) is 0 Å². The molecule has 3 aromatic rings. The summed E-state index contributed by atoms with van der Waals surface area (Å²) < 4.78 is 0. The van der Waals surface area contributed by atoms with Crippen LogP contribution in [0.2, 0.25) is 0 Å². The number of rotatable bonds is 5. The first-order valence-corrected chi connectivity index (χ1v) is 11.9. The van der Waals surface area contributed by atoms with Crippen molar-refractivity contribution in [2.24, 2.45) is 0 Å². The molecule has 3 N–H and O–H groups in total. The van der Waals surface area contributed by atoms with E-state index >= 15 is 0 Å². The van der Waals surface area contributed by atoms with Crippen molar-refractivity contribution in [3.05, 3.63) is 46.0 Å². The van der Waals surface area contributed by atoms with E-state index < -0.39 is 17.9 Å². The Balaban J connectivity index is 1.35. The summed E-state index contributed by atoms with van der Waals surface area (Å²) >= 11 is 0. The molecule has 0 radical (unpaired) electrons. The molecule has 1 saturated heterocycles. The quantitative estimate of drug-likeness (QED) is 0.385. The Kier molecular flexibility index (Phi) is 4.77. The minimum absolute atomic E-state index is 0.0397. The molecule has 2 aliphatic heterocycles. The fourth-order valence-corrected chi connectivity index (χ4v) is 5.96. The molecule has 1 aromatic heterocycles. The third kappa shape index (κ3) is 3.18. The van der Waals surface area contributed by atoms with Gasteiger partial charge in [-0.2, -0.15) is 0 Å². The topological polar surface area (TPSA) is 137 Å². The zero-order valence-electron chi connectivity index (χ0n) is 18.9. The van der Waals surface area contributed by atoms with Crippen molar-refractivity contribution in [3.63, 3.8) is 0 Å². The summed E-state index contributed by atoms with van der Waals surface area (Å²) in [7, 11) is 0. The van der Waals surface area contributed by atoms with Crippen LogP contribution in [0.15, 0.2) is 18.2 Å². The summed E-state index contributed by atoms with van der Waals surface area (Å²) in [4.78, 5) is 67.0. The number of aliphatic carboxylic acids is 1. The van der Waals surface area contributed by atoms with Crippen LogP contribution >= 0.6 is 0 Å². The monoisotopic (exact) mass is 473 g/mol. The Bertz CT molecular complexity index is 1500. The van der Waals surface area contributed by atoms with E-state index in [-0.39, 0.29) is 30.4 Å². The van der Waals surface area contributed by atoms with Crippen molar-refractivity contribution in [2.75, 3.05) is 6.54 Å². The Labute approximate surface area is 199 Å². The zero-order valence-corrected chi connectivity index (χ0v) is 18.9. The van der Waals surface area contributed by atoms with E-state index in [9.17, 15) is 29.1 Å². The molecule has 3 amide bonds. The molecule has 1 aliphatic carbocycles. The lowest BCUT2D eigenvalue weighted by molar-refractivity contribution is -0.148. The van der Waals surface area contributed by atoms with Gasteiger partial charge in [-0.05, 0) is 61.4 Å². The molecule has 35 heavy (non-hydrogen) atoms. The number of carboxylic acid groups (broad SMARTS) is 1. The number of aromatic nitrogens is 1. The third-order valence-corrected chi connectivity index (χ3v) is 7.55. The van der Waals surface area contributed by atoms with Gasteiger partial charge in [0.15, 0.2) is 5.78 Å². The summed E-state index contributed by atoms with van der Waals surface area (Å²) in [6.45, 7) is 0.390. The number of hydrogen-bond acceptors (Lipinski definition) is 5. The summed E-state index contributed by atoms with van der Waals surface area (Å²) in [5, 5.41) is 13.1. The number of likely N-dealkylation sites (tertiary alicyclic amines) is 1. The van der Waals surface area contributed by atoms with Gasteiger partial charge < -0.3 is 15.0 Å². The van der Waals surface area contributed by atoms with Crippen molar-refractivity contribution < 1.29 is 29.1 Å². The van der Waals surface area contributed by atoms with Crippen LogP contribution < -0.4 is 5.32 Å². The molecule has 6 rings (SSSR count). The Morgan fingerprint density at radius 2 is 1.77 bits per heavy atom. The lowest BCUT2D eigenvalue weighted by Crippen LogP contribution is -2.40. The van der Waals surface area contributed by atoms with Gasteiger partial charge in [0.2, 0.25) is 5.91 Å². The van der Waals surface area contributed by atoms with Crippen molar-refractivity contribution in [2.45, 2.75) is 51.0 Å². The predicted octanol–water partition coefficient (Wildman–Crippen LogP) is 2.73. The van der Waals surface area contributed by atoms with Gasteiger partial charge in [-0.1, -0.05) is 0 Å². The van der Waals surface area contributed by atoms with Crippen molar-refractivity contribution in [1.29, 1.82) is 0 Å². The molecule has 0 unspecified atom stereocenters. The fourth-order valence-electron chi connectivity index (χ4n) is 5.96. The Morgan fingerprint density at radius 3 is 2.57 bits per heavy atom. The fraction of sp³-hybridized carbons (Fsp3) is 0.346. The van der Waals surface area contributed by atoms with E-state index in [0.29, 0.717) is 46.8 Å². The van der Waals surface area contributed by atoms with E-state index in [1.807, 2.05) is 0 Å². The van der Waals surface area contributed by atoms with Crippen molar-refractivity contribution >= 4 is 51.3 Å². The molecular weight excluding hydrogens is 450 g/mol. The number of nitrogens with zero attached hydrogens (tertiary/aromatic N) is 1. The van der Waals surface area contributed by atoms with Gasteiger partial charge in [-0.3, -0.25) is 24.5 Å². The molecular formula is C26H23N3O6. The highest BCUT2D eigenvalue weighted by molar-refractivity contribution is 6.31. The van der Waals surface area contributed by atoms with Crippen LogP contribution in [0.1, 0.15) is 74.3 Å². The van der Waals surface area contributed by atoms with E-state index in [2.05, 4.69) is 10.3 Å². The second-order valence-electron chi connectivity index (χ2n) is 9.49. The van der Waals surface area contributed by atoms with Gasteiger partial charge in [-0.25, -0.2) is 4.79 Å². The molecule has 9 nitrogen and oxygen atoms in total. The molecule has 3 aliphatic rings. The molecule has 0 saturated carbocycles. The standard InChI is InChI=1S/C26H23N3O6/c30-18(8-9-19(31)29-10-2-5-17(29)26(34)35)12-6-7-16-15(11-12)20-22-21(24(32)28-25(22)33)13-3-1-4-14(13)23(20)27-16/h6-7,11,17,27H,1-5,8-10H2,(H,34,35)(H,28,32,33)/t17-/m0/s1. The third-order valence-electron chi connectivity index (χ3n) is 7.55. The molecule has 1 fully saturated rings. The van der Waals surface area contributed by atoms with Crippen LogP contribution in [-0.4, -0.2) is 57.1 Å². The molecule has 3 heterocycles. The second kappa shape index (κ2) is 7.76. The first-order chi connectivity index (χ1) is 16.8. The number of nitrogens with one attached hydrogen (secondary N) is 2. The van der Waals surface area contributed by atoms with Gasteiger partial charge in [0, 0.05) is 41.2 Å². The largest absolute Gasteiger partial charge is 0.480 e. The highest BCUT2D eigenvalue weighted by Gasteiger charge is 2.37.